The van der Waals surface area contributed by atoms with Crippen molar-refractivity contribution in [3.63, 3.8) is 0 Å². The molecule has 1 aliphatic rings. The van der Waals surface area contributed by atoms with Gasteiger partial charge in [-0.15, -0.1) is 24.0 Å². The van der Waals surface area contributed by atoms with Crippen LogP contribution in [0, 0.1) is 0 Å². The van der Waals surface area contributed by atoms with E-state index in [9.17, 15) is 4.79 Å². The minimum Gasteiger partial charge on any atom is -0.459 e. The van der Waals surface area contributed by atoms with Crippen molar-refractivity contribution in [2.24, 2.45) is 10.7 Å². The molecule has 2 heterocycles. The Morgan fingerprint density at radius 2 is 2.05 bits per heavy atom. The summed E-state index contributed by atoms with van der Waals surface area (Å²) in [7, 11) is 0. The number of halogens is 1. The SMILES string of the molecule is I.NC(=NCCNC(=O)c1ccco1)N1CCCCCC1. The summed E-state index contributed by atoms with van der Waals surface area (Å²) in [5.74, 6) is 0.673. The van der Waals surface area contributed by atoms with E-state index in [4.69, 9.17) is 10.2 Å². The number of aliphatic imine (C=N–C) groups is 1. The van der Waals surface area contributed by atoms with Crippen molar-refractivity contribution < 1.29 is 9.21 Å². The van der Waals surface area contributed by atoms with Crippen LogP contribution in [0.3, 0.4) is 0 Å². The molecule has 21 heavy (non-hydrogen) atoms. The average molecular weight is 406 g/mol. The van der Waals surface area contributed by atoms with Crippen LogP contribution in [0.5, 0.6) is 0 Å². The van der Waals surface area contributed by atoms with Crippen LogP contribution < -0.4 is 11.1 Å². The van der Waals surface area contributed by atoms with Gasteiger partial charge in [0.15, 0.2) is 11.7 Å². The van der Waals surface area contributed by atoms with Crippen molar-refractivity contribution in [1.29, 1.82) is 0 Å². The van der Waals surface area contributed by atoms with Crippen LogP contribution in [0.2, 0.25) is 0 Å². The molecule has 0 spiro atoms. The number of carbonyl (C=O) groups is 1. The van der Waals surface area contributed by atoms with Crippen molar-refractivity contribution in [3.05, 3.63) is 24.2 Å². The second-order valence-corrected chi connectivity index (χ2v) is 4.87. The maximum atomic E-state index is 11.6. The Bertz CT molecular complexity index is 440. The van der Waals surface area contributed by atoms with Crippen LogP contribution in [0.4, 0.5) is 0 Å². The minimum absolute atomic E-state index is 0. The Morgan fingerprint density at radius 1 is 1.33 bits per heavy atom. The smallest absolute Gasteiger partial charge is 0.287 e. The molecule has 0 bridgehead atoms. The van der Waals surface area contributed by atoms with Gasteiger partial charge in [-0.25, -0.2) is 0 Å². The Labute approximate surface area is 142 Å². The van der Waals surface area contributed by atoms with Crippen molar-refractivity contribution in [1.82, 2.24) is 10.2 Å². The largest absolute Gasteiger partial charge is 0.459 e. The molecule has 0 saturated carbocycles. The van der Waals surface area contributed by atoms with Crippen LogP contribution in [0.25, 0.3) is 0 Å². The van der Waals surface area contributed by atoms with Gasteiger partial charge in [-0.1, -0.05) is 12.8 Å². The number of likely N-dealkylation sites (tertiary alicyclic amines) is 1. The molecule has 3 N–H and O–H groups in total. The second kappa shape index (κ2) is 9.64. The number of nitrogens with one attached hydrogen (secondary N) is 1. The third-order valence-electron chi connectivity index (χ3n) is 3.35. The van der Waals surface area contributed by atoms with E-state index in [1.807, 2.05) is 0 Å². The van der Waals surface area contributed by atoms with E-state index >= 15 is 0 Å². The molecule has 1 saturated heterocycles. The molecule has 1 aromatic rings. The monoisotopic (exact) mass is 406 g/mol. The molecule has 1 aromatic heterocycles. The highest BCUT2D eigenvalue weighted by molar-refractivity contribution is 14.0. The van der Waals surface area contributed by atoms with Gasteiger partial charge in [0, 0.05) is 19.6 Å². The summed E-state index contributed by atoms with van der Waals surface area (Å²) in [6.45, 7) is 2.89. The molecule has 1 amide bonds. The third kappa shape index (κ3) is 5.94. The zero-order valence-corrected chi connectivity index (χ0v) is 14.4. The van der Waals surface area contributed by atoms with Gasteiger partial charge in [0.05, 0.1) is 12.8 Å². The summed E-state index contributed by atoms with van der Waals surface area (Å²) < 4.78 is 5.00. The van der Waals surface area contributed by atoms with Crippen LogP contribution in [-0.2, 0) is 0 Å². The fraction of sp³-hybridized carbons (Fsp3) is 0.571. The van der Waals surface area contributed by atoms with Crippen LogP contribution in [-0.4, -0.2) is 42.9 Å². The molecule has 0 aromatic carbocycles. The van der Waals surface area contributed by atoms with Crippen LogP contribution in [0.15, 0.2) is 27.8 Å². The van der Waals surface area contributed by atoms with Gasteiger partial charge in [-0.05, 0) is 25.0 Å². The predicted molar refractivity (Wildman–Crippen MR) is 93.0 cm³/mol. The molecule has 0 atom stereocenters. The standard InChI is InChI=1S/C14H22N4O2.HI/c15-14(18-9-3-1-2-4-10-18)17-8-7-16-13(19)12-6-5-11-20-12;/h5-6,11H,1-4,7-10H2,(H2,15,17)(H,16,19);1H. The predicted octanol–water partition coefficient (Wildman–Crippen LogP) is 1.82. The quantitative estimate of drug-likeness (QED) is 0.346. The van der Waals surface area contributed by atoms with Crippen LogP contribution >= 0.6 is 24.0 Å². The van der Waals surface area contributed by atoms with E-state index in [0.29, 0.717) is 24.8 Å². The van der Waals surface area contributed by atoms with E-state index in [1.54, 1.807) is 12.1 Å². The van der Waals surface area contributed by atoms with Gasteiger partial charge in [0.25, 0.3) is 5.91 Å². The molecular weight excluding hydrogens is 383 g/mol. The highest BCUT2D eigenvalue weighted by atomic mass is 127. The minimum atomic E-state index is -0.224. The molecule has 118 valence electrons. The number of nitrogens with zero attached hydrogens (tertiary/aromatic N) is 2. The van der Waals surface area contributed by atoms with Gasteiger partial charge < -0.3 is 20.4 Å². The van der Waals surface area contributed by atoms with E-state index in [2.05, 4.69) is 15.2 Å². The summed E-state index contributed by atoms with van der Waals surface area (Å²) in [6.07, 6.45) is 6.35. The molecule has 0 aliphatic carbocycles. The summed E-state index contributed by atoms with van der Waals surface area (Å²) >= 11 is 0. The maximum absolute atomic E-state index is 11.6. The Balaban J connectivity index is 0.00000220. The lowest BCUT2D eigenvalue weighted by Crippen LogP contribution is -2.38. The molecule has 2 rings (SSSR count). The summed E-state index contributed by atoms with van der Waals surface area (Å²) in [5.41, 5.74) is 5.97. The van der Waals surface area contributed by atoms with Crippen molar-refractivity contribution in [3.8, 4) is 0 Å². The highest BCUT2D eigenvalue weighted by Gasteiger charge is 2.11. The van der Waals surface area contributed by atoms with E-state index in [1.165, 1.54) is 31.9 Å². The van der Waals surface area contributed by atoms with Gasteiger partial charge in [-0.2, -0.15) is 0 Å². The van der Waals surface area contributed by atoms with Crippen molar-refractivity contribution in [2.75, 3.05) is 26.2 Å². The lowest BCUT2D eigenvalue weighted by atomic mass is 10.2. The molecule has 0 unspecified atom stereocenters. The van der Waals surface area contributed by atoms with E-state index in [0.717, 1.165) is 13.1 Å². The number of guanidine groups is 1. The van der Waals surface area contributed by atoms with E-state index in [-0.39, 0.29) is 29.9 Å². The number of rotatable bonds is 4. The Morgan fingerprint density at radius 3 is 2.67 bits per heavy atom. The summed E-state index contributed by atoms with van der Waals surface area (Å²) in [4.78, 5) is 18.0. The highest BCUT2D eigenvalue weighted by Crippen LogP contribution is 2.08. The molecule has 1 aliphatic heterocycles. The maximum Gasteiger partial charge on any atom is 0.287 e. The topological polar surface area (TPSA) is 83.9 Å². The first kappa shape index (κ1) is 17.8. The lowest BCUT2D eigenvalue weighted by molar-refractivity contribution is 0.0927. The molecule has 7 heteroatoms. The Kier molecular flexibility index (Phi) is 8.17. The number of carbonyl (C=O) groups excluding carboxylic acids is 1. The summed E-state index contributed by atoms with van der Waals surface area (Å²) in [5, 5.41) is 2.74. The van der Waals surface area contributed by atoms with Gasteiger partial charge in [-0.3, -0.25) is 9.79 Å². The first-order chi connectivity index (χ1) is 9.77. The van der Waals surface area contributed by atoms with Gasteiger partial charge >= 0.3 is 0 Å². The van der Waals surface area contributed by atoms with Crippen molar-refractivity contribution in [2.45, 2.75) is 25.7 Å². The van der Waals surface area contributed by atoms with Gasteiger partial charge in [0.2, 0.25) is 0 Å². The Hall–Kier alpha value is -1.25. The molecule has 1 fully saturated rings. The number of hydrogen-bond donors (Lipinski definition) is 2. The molecular formula is C14H23IN4O2. The normalized spacial score (nSPS) is 16.0. The fourth-order valence-electron chi connectivity index (χ4n) is 2.23. The zero-order valence-electron chi connectivity index (χ0n) is 12.1. The number of hydrogen-bond acceptors (Lipinski definition) is 3. The average Bonchev–Trinajstić information content (AvgIpc) is 2.85. The first-order valence-corrected chi connectivity index (χ1v) is 7.14. The van der Waals surface area contributed by atoms with E-state index < -0.39 is 0 Å². The van der Waals surface area contributed by atoms with Gasteiger partial charge in [0.1, 0.15) is 0 Å². The lowest BCUT2D eigenvalue weighted by Gasteiger charge is -2.21. The molecule has 0 radical (unpaired) electrons. The fourth-order valence-corrected chi connectivity index (χ4v) is 2.23. The number of furan rings is 1. The summed E-state index contributed by atoms with van der Waals surface area (Å²) in [6, 6.07) is 3.31. The van der Waals surface area contributed by atoms with Crippen LogP contribution in [0.1, 0.15) is 36.2 Å². The number of amides is 1. The van der Waals surface area contributed by atoms with Crippen molar-refractivity contribution >= 4 is 35.8 Å². The second-order valence-electron chi connectivity index (χ2n) is 4.87. The third-order valence-corrected chi connectivity index (χ3v) is 3.35. The number of nitrogens with two attached hydrogens (primary N) is 1. The molecule has 6 nitrogen and oxygen atoms in total. The first-order valence-electron chi connectivity index (χ1n) is 7.14. The zero-order chi connectivity index (χ0) is 14.2.